The van der Waals surface area contributed by atoms with E-state index in [4.69, 9.17) is 0 Å². The lowest BCUT2D eigenvalue weighted by Crippen LogP contribution is -2.36. The van der Waals surface area contributed by atoms with E-state index in [1.165, 1.54) is 24.3 Å². The molecule has 0 saturated heterocycles. The van der Waals surface area contributed by atoms with Gasteiger partial charge < -0.3 is 4.90 Å². The first-order valence-electron chi connectivity index (χ1n) is 7.55. The van der Waals surface area contributed by atoms with E-state index in [1.807, 2.05) is 0 Å². The van der Waals surface area contributed by atoms with Crippen LogP contribution in [0.4, 0.5) is 32.0 Å². The Labute approximate surface area is 149 Å². The summed E-state index contributed by atoms with van der Waals surface area (Å²) in [5, 5.41) is -2.36. The van der Waals surface area contributed by atoms with Gasteiger partial charge in [-0.1, -0.05) is 24.3 Å². The third kappa shape index (κ3) is 3.02. The largest absolute Gasteiger partial charge is 0.454 e. The number of carbonyl (C=O) groups excluding carboxylic acids is 1. The molecule has 2 nitrogen and oxygen atoms in total. The topological polar surface area (TPSA) is 20.3 Å². The maximum Gasteiger partial charge on any atom is 0.454 e. The molecule has 0 fully saturated rings. The van der Waals surface area contributed by atoms with Gasteiger partial charge in [0.05, 0.1) is 5.37 Å². The predicted octanol–water partition coefficient (Wildman–Crippen LogP) is 5.72. The van der Waals surface area contributed by atoms with Gasteiger partial charge in [0, 0.05) is 23.7 Å². The lowest BCUT2D eigenvalue weighted by Gasteiger charge is -2.39. The van der Waals surface area contributed by atoms with Crippen LogP contribution in [0, 0.1) is 0 Å². The summed E-state index contributed by atoms with van der Waals surface area (Å²) in [6.45, 7) is 1.59. The first-order valence-corrected chi connectivity index (χ1v) is 8.49. The average Bonchev–Trinajstić information content (AvgIpc) is 2.54. The van der Waals surface area contributed by atoms with Gasteiger partial charge in [-0.15, -0.1) is 11.8 Å². The molecule has 2 atom stereocenters. The zero-order valence-corrected chi connectivity index (χ0v) is 14.4. The molecule has 2 aromatic carbocycles. The fourth-order valence-corrected chi connectivity index (χ4v) is 4.27. The molecule has 9 heteroatoms. The van der Waals surface area contributed by atoms with Crippen molar-refractivity contribution in [3.05, 3.63) is 41.5 Å². The van der Waals surface area contributed by atoms with Gasteiger partial charge in [-0.2, -0.15) is 26.3 Å². The van der Waals surface area contributed by atoms with Gasteiger partial charge in [-0.05, 0) is 23.9 Å². The van der Waals surface area contributed by atoms with Crippen molar-refractivity contribution < 1.29 is 31.1 Å². The van der Waals surface area contributed by atoms with Crippen molar-refractivity contribution in [2.24, 2.45) is 0 Å². The van der Waals surface area contributed by atoms with E-state index in [0.29, 0.717) is 11.8 Å². The van der Waals surface area contributed by atoms with E-state index in [1.54, 1.807) is 18.9 Å². The summed E-state index contributed by atoms with van der Waals surface area (Å²) in [6, 6.07) is 6.48. The number of halogens is 6. The first-order chi connectivity index (χ1) is 11.9. The number of hydrogen-bond donors (Lipinski definition) is 0. The maximum atomic E-state index is 13.5. The van der Waals surface area contributed by atoms with E-state index >= 15 is 0 Å². The summed E-state index contributed by atoms with van der Waals surface area (Å²) in [7, 11) is 1.58. The highest BCUT2D eigenvalue weighted by Gasteiger charge is 2.48. The minimum absolute atomic E-state index is 0.0135. The molecule has 3 rings (SSSR count). The van der Waals surface area contributed by atoms with E-state index in [2.05, 4.69) is 0 Å². The normalized spacial score (nSPS) is 21.0. The Morgan fingerprint density at radius 3 is 2.19 bits per heavy atom. The zero-order valence-electron chi connectivity index (χ0n) is 13.6. The molecule has 0 aliphatic carbocycles. The second-order valence-electron chi connectivity index (χ2n) is 6.00. The van der Waals surface area contributed by atoms with E-state index in [9.17, 15) is 31.1 Å². The molecule has 0 amide bonds. The number of hydrogen-bond acceptors (Lipinski definition) is 3. The maximum absolute atomic E-state index is 13.5. The molecular formula is C17H13F6NOS. The highest BCUT2D eigenvalue weighted by atomic mass is 32.2. The van der Waals surface area contributed by atoms with Crippen LogP contribution in [0.5, 0.6) is 0 Å². The van der Waals surface area contributed by atoms with Crippen molar-refractivity contribution in [1.29, 1.82) is 0 Å². The van der Waals surface area contributed by atoms with Gasteiger partial charge in [0.15, 0.2) is 0 Å². The fourth-order valence-electron chi connectivity index (χ4n) is 3.11. The highest BCUT2D eigenvalue weighted by molar-refractivity contribution is 8.00. The van der Waals surface area contributed by atoms with Crippen molar-refractivity contribution in [3.63, 3.8) is 0 Å². The van der Waals surface area contributed by atoms with Crippen LogP contribution in [0.2, 0.25) is 0 Å². The molecule has 1 aliphatic rings. The van der Waals surface area contributed by atoms with Crippen molar-refractivity contribution in [2.75, 3.05) is 11.9 Å². The van der Waals surface area contributed by atoms with Crippen LogP contribution in [0.3, 0.4) is 0 Å². The number of alkyl halides is 6. The van der Waals surface area contributed by atoms with Gasteiger partial charge in [0.1, 0.15) is 5.25 Å². The van der Waals surface area contributed by atoms with Crippen LogP contribution in [-0.2, 0) is 0 Å². The number of anilines is 1. The summed E-state index contributed by atoms with van der Waals surface area (Å²) in [4.78, 5) is 13.4. The molecule has 1 heterocycles. The van der Waals surface area contributed by atoms with Crippen molar-refractivity contribution in [2.45, 2.75) is 29.9 Å². The van der Waals surface area contributed by atoms with Crippen LogP contribution in [-0.4, -0.2) is 30.6 Å². The summed E-state index contributed by atoms with van der Waals surface area (Å²) in [5.74, 6) is -2.15. The molecule has 2 aromatic rings. The number of benzene rings is 2. The molecule has 2 unspecified atom stereocenters. The van der Waals surface area contributed by atoms with Crippen LogP contribution in [0.15, 0.2) is 30.3 Å². The highest BCUT2D eigenvalue weighted by Crippen LogP contribution is 2.54. The van der Waals surface area contributed by atoms with Gasteiger partial charge in [0.25, 0.3) is 5.78 Å². The number of ketones is 1. The first kappa shape index (κ1) is 18.9. The van der Waals surface area contributed by atoms with Crippen LogP contribution < -0.4 is 4.90 Å². The quantitative estimate of drug-likeness (QED) is 0.457. The van der Waals surface area contributed by atoms with Gasteiger partial charge in [-0.25, -0.2) is 0 Å². The third-order valence-electron chi connectivity index (χ3n) is 4.36. The molecular weight excluding hydrogens is 380 g/mol. The van der Waals surface area contributed by atoms with Crippen LogP contribution >= 0.6 is 11.8 Å². The molecule has 0 radical (unpaired) electrons. The Morgan fingerprint density at radius 2 is 1.65 bits per heavy atom. The standard InChI is InChI=1S/C17H13F6NOS/c1-8-24(2)13-10-6-4-3-5-9(10)11(14(25)16(18,19)20)7-12(13)15(26-8)17(21,22)23/h3-8,15H,1-2H3. The lowest BCUT2D eigenvalue weighted by atomic mass is 9.93. The number of Topliss-reactive ketones (excluding diaryl/α,β-unsaturated/α-hetero) is 1. The van der Waals surface area contributed by atoms with Gasteiger partial charge >= 0.3 is 12.4 Å². The molecule has 0 bridgehead atoms. The lowest BCUT2D eigenvalue weighted by molar-refractivity contribution is -0.130. The zero-order chi connectivity index (χ0) is 19.4. The average molecular weight is 393 g/mol. The summed E-state index contributed by atoms with van der Waals surface area (Å²) in [6.07, 6.45) is -9.83. The Hall–Kier alpha value is -1.90. The monoisotopic (exact) mass is 393 g/mol. The van der Waals surface area contributed by atoms with E-state index < -0.39 is 34.3 Å². The molecule has 0 spiro atoms. The number of thioether (sulfide) groups is 1. The molecule has 26 heavy (non-hydrogen) atoms. The second kappa shape index (κ2) is 6.07. The third-order valence-corrected chi connectivity index (χ3v) is 5.86. The minimum atomic E-state index is -5.17. The number of rotatable bonds is 1. The van der Waals surface area contributed by atoms with E-state index in [0.717, 1.165) is 6.07 Å². The minimum Gasteiger partial charge on any atom is -0.362 e. The molecule has 0 aromatic heterocycles. The van der Waals surface area contributed by atoms with Crippen LogP contribution in [0.1, 0.15) is 28.1 Å². The summed E-state index contributed by atoms with van der Waals surface area (Å²) in [5.41, 5.74) is -0.882. The Bertz CT molecular complexity index is 876. The van der Waals surface area contributed by atoms with Crippen LogP contribution in [0.25, 0.3) is 10.8 Å². The SMILES string of the molecule is CC1SC(C(F)(F)F)c2cc(C(=O)C(F)(F)F)c3ccccc3c2N1C. The Kier molecular flexibility index (Phi) is 4.41. The van der Waals surface area contributed by atoms with Gasteiger partial charge in [0.2, 0.25) is 0 Å². The molecule has 0 saturated carbocycles. The number of nitrogens with zero attached hydrogens (tertiary/aromatic N) is 1. The molecule has 140 valence electrons. The Balaban J connectivity index is 2.39. The predicted molar refractivity (Wildman–Crippen MR) is 88.6 cm³/mol. The molecule has 1 aliphatic heterocycles. The van der Waals surface area contributed by atoms with Crippen molar-refractivity contribution in [3.8, 4) is 0 Å². The van der Waals surface area contributed by atoms with Crippen molar-refractivity contribution in [1.82, 2.24) is 0 Å². The molecule has 0 N–H and O–H groups in total. The fraction of sp³-hybridized carbons (Fsp3) is 0.353. The van der Waals surface area contributed by atoms with Crippen molar-refractivity contribution >= 4 is 34.0 Å². The second-order valence-corrected chi connectivity index (χ2v) is 7.43. The summed E-state index contributed by atoms with van der Waals surface area (Å²) >= 11 is 0.589. The number of carbonyl (C=O) groups is 1. The van der Waals surface area contributed by atoms with E-state index in [-0.39, 0.29) is 22.0 Å². The smallest absolute Gasteiger partial charge is 0.362 e. The van der Waals surface area contributed by atoms with Gasteiger partial charge in [-0.3, -0.25) is 4.79 Å². The number of fused-ring (bicyclic) bond motifs is 3. The Morgan fingerprint density at radius 1 is 1.08 bits per heavy atom. The summed E-state index contributed by atoms with van der Waals surface area (Å²) < 4.78 is 79.6.